The summed E-state index contributed by atoms with van der Waals surface area (Å²) in [6.07, 6.45) is 0. The van der Waals surface area contributed by atoms with Crippen LogP contribution in [0.5, 0.6) is 0 Å². The van der Waals surface area contributed by atoms with Crippen molar-refractivity contribution in [2.75, 3.05) is 5.73 Å². The van der Waals surface area contributed by atoms with E-state index in [2.05, 4.69) is 31.9 Å². The molecule has 2 rings (SSSR count). The number of carbonyl (C=O) groups is 1. The second-order valence-electron chi connectivity index (χ2n) is 4.48. The normalized spacial score (nSPS) is 10.5. The largest absolute Gasteiger partial charge is 0.399 e. The fourth-order valence-electron chi connectivity index (χ4n) is 1.85. The van der Waals surface area contributed by atoms with Crippen LogP contribution in [-0.4, -0.2) is 5.78 Å². The third-order valence-corrected chi connectivity index (χ3v) is 4.51. The number of benzene rings is 2. The second kappa shape index (κ2) is 5.47. The molecule has 19 heavy (non-hydrogen) atoms. The molecule has 0 radical (unpaired) electrons. The molecule has 0 heterocycles. The number of halogens is 2. The first kappa shape index (κ1) is 14.3. The van der Waals surface area contributed by atoms with E-state index in [1.807, 2.05) is 32.0 Å². The van der Waals surface area contributed by atoms with Crippen LogP contribution in [0, 0.1) is 13.8 Å². The third kappa shape index (κ3) is 2.90. The molecule has 2 aromatic rings. The third-order valence-electron chi connectivity index (χ3n) is 3.00. The summed E-state index contributed by atoms with van der Waals surface area (Å²) in [5.41, 5.74) is 9.62. The molecule has 0 unspecified atom stereocenters. The minimum atomic E-state index is -0.0302. The molecule has 2 aromatic carbocycles. The number of anilines is 1. The van der Waals surface area contributed by atoms with Crippen LogP contribution < -0.4 is 5.73 Å². The predicted molar refractivity (Wildman–Crippen MR) is 85.6 cm³/mol. The minimum absolute atomic E-state index is 0.0302. The van der Waals surface area contributed by atoms with Gasteiger partial charge in [0.25, 0.3) is 0 Å². The Morgan fingerprint density at radius 2 is 1.63 bits per heavy atom. The van der Waals surface area contributed by atoms with Crippen molar-refractivity contribution in [3.8, 4) is 0 Å². The summed E-state index contributed by atoms with van der Waals surface area (Å²) in [6, 6.07) is 9.15. The van der Waals surface area contributed by atoms with Crippen LogP contribution in [0.2, 0.25) is 0 Å². The monoisotopic (exact) mass is 381 g/mol. The summed E-state index contributed by atoms with van der Waals surface area (Å²) < 4.78 is 1.71. The molecule has 0 fully saturated rings. The maximum atomic E-state index is 12.6. The van der Waals surface area contributed by atoms with Crippen molar-refractivity contribution in [3.05, 3.63) is 61.5 Å². The Balaban J connectivity index is 2.56. The number of ketones is 1. The van der Waals surface area contributed by atoms with Crippen LogP contribution in [0.15, 0.2) is 39.3 Å². The molecule has 0 aromatic heterocycles. The molecule has 0 spiro atoms. The molecule has 2 N–H and O–H groups in total. The lowest BCUT2D eigenvalue weighted by Crippen LogP contribution is -2.06. The Labute approximate surface area is 129 Å². The highest BCUT2D eigenvalue weighted by Gasteiger charge is 2.16. The van der Waals surface area contributed by atoms with Gasteiger partial charge in [-0.3, -0.25) is 4.79 Å². The first-order valence-electron chi connectivity index (χ1n) is 5.76. The molecule has 98 valence electrons. The standard InChI is InChI=1S/C15H13Br2NO/c1-8-3-4-10(18)6-11(8)15(19)12-7-13(16)9(2)5-14(12)17/h3-7H,18H2,1-2H3. The quantitative estimate of drug-likeness (QED) is 0.607. The minimum Gasteiger partial charge on any atom is -0.399 e. The summed E-state index contributed by atoms with van der Waals surface area (Å²) in [6.45, 7) is 3.89. The lowest BCUT2D eigenvalue weighted by Gasteiger charge is -2.10. The predicted octanol–water partition coefficient (Wildman–Crippen LogP) is 4.64. The zero-order valence-electron chi connectivity index (χ0n) is 10.6. The molecule has 4 heteroatoms. The average molecular weight is 383 g/mol. The average Bonchev–Trinajstić information content (AvgIpc) is 2.36. The SMILES string of the molecule is Cc1cc(Br)c(C(=O)c2cc(N)ccc2C)cc1Br. The molecular formula is C15H13Br2NO. The highest BCUT2D eigenvalue weighted by Crippen LogP contribution is 2.28. The van der Waals surface area contributed by atoms with E-state index in [1.165, 1.54) is 0 Å². The second-order valence-corrected chi connectivity index (χ2v) is 6.19. The number of nitrogens with two attached hydrogens (primary N) is 1. The fraction of sp³-hybridized carbons (Fsp3) is 0.133. The van der Waals surface area contributed by atoms with E-state index in [-0.39, 0.29) is 5.78 Å². The van der Waals surface area contributed by atoms with Gasteiger partial charge in [0.1, 0.15) is 0 Å². The Morgan fingerprint density at radius 1 is 0.947 bits per heavy atom. The Morgan fingerprint density at radius 3 is 2.32 bits per heavy atom. The molecule has 0 bridgehead atoms. The molecular weight excluding hydrogens is 370 g/mol. The summed E-state index contributed by atoms with van der Waals surface area (Å²) in [5, 5.41) is 0. The van der Waals surface area contributed by atoms with Crippen molar-refractivity contribution in [1.82, 2.24) is 0 Å². The molecule has 0 atom stereocenters. The van der Waals surface area contributed by atoms with Crippen LogP contribution >= 0.6 is 31.9 Å². The van der Waals surface area contributed by atoms with Gasteiger partial charge in [0, 0.05) is 25.8 Å². The van der Waals surface area contributed by atoms with Crippen molar-refractivity contribution in [2.24, 2.45) is 0 Å². The first-order chi connectivity index (χ1) is 8.90. The number of rotatable bonds is 2. The number of hydrogen-bond acceptors (Lipinski definition) is 2. The first-order valence-corrected chi connectivity index (χ1v) is 7.35. The lowest BCUT2D eigenvalue weighted by atomic mass is 9.98. The number of aryl methyl sites for hydroxylation is 2. The Hall–Kier alpha value is -1.13. The van der Waals surface area contributed by atoms with E-state index < -0.39 is 0 Å². The van der Waals surface area contributed by atoms with Gasteiger partial charge in [-0.1, -0.05) is 37.9 Å². The van der Waals surface area contributed by atoms with Crippen LogP contribution in [0.4, 0.5) is 5.69 Å². The van der Waals surface area contributed by atoms with Gasteiger partial charge < -0.3 is 5.73 Å². The van der Waals surface area contributed by atoms with Crippen molar-refractivity contribution >= 4 is 43.3 Å². The van der Waals surface area contributed by atoms with Crippen molar-refractivity contribution in [3.63, 3.8) is 0 Å². The van der Waals surface area contributed by atoms with E-state index in [1.54, 1.807) is 12.1 Å². The number of carbonyl (C=O) groups excluding carboxylic acids is 1. The topological polar surface area (TPSA) is 43.1 Å². The van der Waals surface area contributed by atoms with E-state index in [0.717, 1.165) is 20.1 Å². The van der Waals surface area contributed by atoms with Gasteiger partial charge in [0.15, 0.2) is 5.78 Å². The van der Waals surface area contributed by atoms with Gasteiger partial charge in [-0.05, 0) is 49.2 Å². The van der Waals surface area contributed by atoms with Gasteiger partial charge in [-0.2, -0.15) is 0 Å². The summed E-state index contributed by atoms with van der Waals surface area (Å²) in [4.78, 5) is 12.6. The molecule has 0 saturated heterocycles. The molecule has 0 aliphatic carbocycles. The Bertz CT molecular complexity index is 665. The maximum absolute atomic E-state index is 12.6. The zero-order valence-corrected chi connectivity index (χ0v) is 13.8. The number of nitrogen functional groups attached to an aromatic ring is 1. The van der Waals surface area contributed by atoms with Gasteiger partial charge >= 0.3 is 0 Å². The molecule has 0 saturated carbocycles. The van der Waals surface area contributed by atoms with Crippen LogP contribution in [0.1, 0.15) is 27.0 Å². The molecule has 2 nitrogen and oxygen atoms in total. The lowest BCUT2D eigenvalue weighted by molar-refractivity contribution is 0.103. The number of hydrogen-bond donors (Lipinski definition) is 1. The summed E-state index contributed by atoms with van der Waals surface area (Å²) in [5.74, 6) is -0.0302. The van der Waals surface area contributed by atoms with Crippen molar-refractivity contribution in [2.45, 2.75) is 13.8 Å². The highest BCUT2D eigenvalue weighted by molar-refractivity contribution is 9.11. The highest BCUT2D eigenvalue weighted by atomic mass is 79.9. The Kier molecular flexibility index (Phi) is 4.11. The van der Waals surface area contributed by atoms with E-state index in [0.29, 0.717) is 16.8 Å². The van der Waals surface area contributed by atoms with Gasteiger partial charge in [0.2, 0.25) is 0 Å². The van der Waals surface area contributed by atoms with E-state index in [4.69, 9.17) is 5.73 Å². The van der Waals surface area contributed by atoms with Crippen LogP contribution in [-0.2, 0) is 0 Å². The summed E-state index contributed by atoms with van der Waals surface area (Å²) >= 11 is 6.91. The van der Waals surface area contributed by atoms with Crippen molar-refractivity contribution in [1.29, 1.82) is 0 Å². The van der Waals surface area contributed by atoms with Crippen LogP contribution in [0.25, 0.3) is 0 Å². The summed E-state index contributed by atoms with van der Waals surface area (Å²) in [7, 11) is 0. The van der Waals surface area contributed by atoms with E-state index in [9.17, 15) is 4.79 Å². The smallest absolute Gasteiger partial charge is 0.194 e. The van der Waals surface area contributed by atoms with E-state index >= 15 is 0 Å². The molecule has 0 aliphatic rings. The molecule has 0 amide bonds. The van der Waals surface area contributed by atoms with Crippen LogP contribution in [0.3, 0.4) is 0 Å². The fourth-order valence-corrected chi connectivity index (χ4v) is 2.83. The zero-order chi connectivity index (χ0) is 14.2. The van der Waals surface area contributed by atoms with Gasteiger partial charge in [-0.25, -0.2) is 0 Å². The van der Waals surface area contributed by atoms with Crippen molar-refractivity contribution < 1.29 is 4.79 Å². The van der Waals surface area contributed by atoms with Gasteiger partial charge in [-0.15, -0.1) is 0 Å². The molecule has 0 aliphatic heterocycles. The maximum Gasteiger partial charge on any atom is 0.194 e. The van der Waals surface area contributed by atoms with Gasteiger partial charge in [0.05, 0.1) is 0 Å².